The van der Waals surface area contributed by atoms with E-state index in [1.165, 1.54) is 6.42 Å². The van der Waals surface area contributed by atoms with E-state index in [4.69, 9.17) is 9.26 Å². The maximum atomic E-state index is 13.1. The third kappa shape index (κ3) is 2.94. The molecule has 1 aliphatic carbocycles. The molecule has 1 saturated carbocycles. The van der Waals surface area contributed by atoms with Gasteiger partial charge in [0.1, 0.15) is 0 Å². The van der Waals surface area contributed by atoms with E-state index in [9.17, 15) is 4.79 Å². The Morgan fingerprint density at radius 2 is 2.25 bits per heavy atom. The molecule has 2 aliphatic heterocycles. The van der Waals surface area contributed by atoms with Crippen molar-refractivity contribution in [1.82, 2.24) is 25.4 Å². The van der Waals surface area contributed by atoms with Crippen LogP contribution in [-0.2, 0) is 16.1 Å². The van der Waals surface area contributed by atoms with Gasteiger partial charge in [-0.15, -0.1) is 0 Å². The number of aryl methyl sites for hydroxylation is 1. The van der Waals surface area contributed by atoms with Crippen LogP contribution in [-0.4, -0.2) is 52.3 Å². The molecule has 2 saturated heterocycles. The third-order valence-corrected chi connectivity index (χ3v) is 6.26. The van der Waals surface area contributed by atoms with E-state index in [1.54, 1.807) is 12.4 Å². The van der Waals surface area contributed by atoms with Crippen molar-refractivity contribution in [2.75, 3.05) is 31.2 Å². The summed E-state index contributed by atoms with van der Waals surface area (Å²) in [5, 5.41) is 7.19. The summed E-state index contributed by atoms with van der Waals surface area (Å²) in [7, 11) is 0. The van der Waals surface area contributed by atoms with Crippen LogP contribution in [0.25, 0.3) is 0 Å². The van der Waals surface area contributed by atoms with E-state index in [1.807, 2.05) is 6.92 Å². The molecule has 0 bridgehead atoms. The standard InChI is InChI=1S/C19H24N6O3/c1-12-5-21-15(6-20-12)7-22-17(26)19-10-25(8-14(19)9-27-11-19)18-23-16(28-24-18)13-3-2-4-13/h5-6,13-14H,2-4,7-11H2,1H3,(H,22,26)/t14-,19-/m0/s1. The average Bonchev–Trinajstić information content (AvgIpc) is 3.33. The molecule has 4 heterocycles. The molecule has 1 N–H and O–H groups in total. The minimum atomic E-state index is -0.588. The number of ether oxygens (including phenoxy) is 1. The summed E-state index contributed by atoms with van der Waals surface area (Å²) in [5.74, 6) is 1.82. The number of amides is 1. The van der Waals surface area contributed by atoms with Gasteiger partial charge in [0.15, 0.2) is 0 Å². The first-order valence-corrected chi connectivity index (χ1v) is 9.86. The Bertz CT molecular complexity index is 865. The molecular formula is C19H24N6O3. The summed E-state index contributed by atoms with van der Waals surface area (Å²) in [6, 6.07) is 0. The van der Waals surface area contributed by atoms with Crippen LogP contribution < -0.4 is 10.2 Å². The van der Waals surface area contributed by atoms with Gasteiger partial charge < -0.3 is 19.5 Å². The van der Waals surface area contributed by atoms with Crippen LogP contribution in [0, 0.1) is 18.3 Å². The Morgan fingerprint density at radius 3 is 3.00 bits per heavy atom. The lowest BCUT2D eigenvalue weighted by atomic mass is 9.80. The predicted molar refractivity (Wildman–Crippen MR) is 98.5 cm³/mol. The molecule has 1 amide bonds. The number of anilines is 1. The number of fused-ring (bicyclic) bond motifs is 1. The second kappa shape index (κ2) is 6.80. The highest BCUT2D eigenvalue weighted by atomic mass is 16.5. The van der Waals surface area contributed by atoms with Crippen LogP contribution >= 0.6 is 0 Å². The normalized spacial score (nSPS) is 26.9. The number of hydrogen-bond acceptors (Lipinski definition) is 8. The molecule has 2 aromatic rings. The number of carbonyl (C=O) groups excluding carboxylic acids is 1. The highest BCUT2D eigenvalue weighted by Gasteiger charge is 2.56. The van der Waals surface area contributed by atoms with Crippen molar-refractivity contribution in [3.63, 3.8) is 0 Å². The lowest BCUT2D eigenvalue weighted by Gasteiger charge is -2.25. The van der Waals surface area contributed by atoms with Gasteiger partial charge in [-0.3, -0.25) is 14.8 Å². The summed E-state index contributed by atoms with van der Waals surface area (Å²) in [4.78, 5) is 28.3. The molecule has 0 radical (unpaired) electrons. The van der Waals surface area contributed by atoms with Gasteiger partial charge in [0.25, 0.3) is 5.95 Å². The van der Waals surface area contributed by atoms with Crippen molar-refractivity contribution >= 4 is 11.9 Å². The van der Waals surface area contributed by atoms with Crippen LogP contribution in [0.15, 0.2) is 16.9 Å². The fourth-order valence-electron chi connectivity index (χ4n) is 4.24. The lowest BCUT2D eigenvalue weighted by Crippen LogP contribution is -2.46. The van der Waals surface area contributed by atoms with Crippen molar-refractivity contribution in [2.24, 2.45) is 11.3 Å². The van der Waals surface area contributed by atoms with Gasteiger partial charge in [0, 0.05) is 31.1 Å². The average molecular weight is 384 g/mol. The summed E-state index contributed by atoms with van der Waals surface area (Å²) in [5.41, 5.74) is 1.00. The first-order valence-electron chi connectivity index (χ1n) is 9.86. The zero-order valence-electron chi connectivity index (χ0n) is 15.9. The largest absolute Gasteiger partial charge is 0.380 e. The lowest BCUT2D eigenvalue weighted by molar-refractivity contribution is -0.131. The zero-order valence-corrected chi connectivity index (χ0v) is 15.9. The second-order valence-corrected chi connectivity index (χ2v) is 8.14. The van der Waals surface area contributed by atoms with Crippen LogP contribution in [0.4, 0.5) is 5.95 Å². The maximum absolute atomic E-state index is 13.1. The quantitative estimate of drug-likeness (QED) is 0.820. The van der Waals surface area contributed by atoms with Crippen molar-refractivity contribution < 1.29 is 14.1 Å². The molecular weight excluding hydrogens is 360 g/mol. The summed E-state index contributed by atoms with van der Waals surface area (Å²) >= 11 is 0. The predicted octanol–water partition coefficient (Wildman–Crippen LogP) is 1.20. The number of nitrogens with one attached hydrogen (secondary N) is 1. The van der Waals surface area contributed by atoms with Crippen molar-refractivity contribution in [1.29, 1.82) is 0 Å². The topological polar surface area (TPSA) is 106 Å². The van der Waals surface area contributed by atoms with Gasteiger partial charge in [-0.25, -0.2) is 0 Å². The Labute approximate surface area is 162 Å². The van der Waals surface area contributed by atoms with Crippen LogP contribution in [0.2, 0.25) is 0 Å². The van der Waals surface area contributed by atoms with Gasteiger partial charge in [-0.2, -0.15) is 4.98 Å². The van der Waals surface area contributed by atoms with Gasteiger partial charge in [0.2, 0.25) is 11.8 Å². The number of hydrogen-bond donors (Lipinski definition) is 1. The fourth-order valence-corrected chi connectivity index (χ4v) is 4.24. The molecule has 0 unspecified atom stereocenters. The molecule has 9 heteroatoms. The van der Waals surface area contributed by atoms with E-state index < -0.39 is 5.41 Å². The molecule has 2 aromatic heterocycles. The smallest absolute Gasteiger partial charge is 0.266 e. The van der Waals surface area contributed by atoms with Gasteiger partial charge in [-0.05, 0) is 24.9 Å². The van der Waals surface area contributed by atoms with E-state index >= 15 is 0 Å². The molecule has 148 valence electrons. The Kier molecular flexibility index (Phi) is 4.26. The summed E-state index contributed by atoms with van der Waals surface area (Å²) in [6.07, 6.45) is 6.85. The van der Waals surface area contributed by atoms with Crippen molar-refractivity contribution in [3.05, 3.63) is 29.7 Å². The van der Waals surface area contributed by atoms with Gasteiger partial charge >= 0.3 is 0 Å². The molecule has 3 aliphatic rings. The van der Waals surface area contributed by atoms with Crippen LogP contribution in [0.3, 0.4) is 0 Å². The highest BCUT2D eigenvalue weighted by molar-refractivity contribution is 5.85. The van der Waals surface area contributed by atoms with Gasteiger partial charge in [-0.1, -0.05) is 6.42 Å². The fraction of sp³-hybridized carbons (Fsp3) is 0.632. The first-order chi connectivity index (χ1) is 13.6. The summed E-state index contributed by atoms with van der Waals surface area (Å²) < 4.78 is 11.1. The molecule has 3 fully saturated rings. The molecule has 2 atom stereocenters. The molecule has 0 aromatic carbocycles. The summed E-state index contributed by atoms with van der Waals surface area (Å²) in [6.45, 7) is 4.45. The van der Waals surface area contributed by atoms with Crippen LogP contribution in [0.5, 0.6) is 0 Å². The SMILES string of the molecule is Cc1cnc(CNC(=O)[C@@]23COC[C@@H]2CN(c2noc(C4CCC4)n2)C3)cn1. The Morgan fingerprint density at radius 1 is 1.36 bits per heavy atom. The zero-order chi connectivity index (χ0) is 19.1. The number of aromatic nitrogens is 4. The maximum Gasteiger partial charge on any atom is 0.266 e. The molecule has 28 heavy (non-hydrogen) atoms. The number of rotatable bonds is 5. The van der Waals surface area contributed by atoms with Gasteiger partial charge in [0.05, 0.1) is 42.8 Å². The highest BCUT2D eigenvalue weighted by Crippen LogP contribution is 2.43. The van der Waals surface area contributed by atoms with E-state index in [-0.39, 0.29) is 11.8 Å². The molecule has 5 rings (SSSR count). The Balaban J connectivity index is 1.28. The first kappa shape index (κ1) is 17.5. The van der Waals surface area contributed by atoms with E-state index in [2.05, 4.69) is 30.3 Å². The number of carbonyl (C=O) groups is 1. The molecule has 9 nitrogen and oxygen atoms in total. The van der Waals surface area contributed by atoms with Crippen molar-refractivity contribution in [3.8, 4) is 0 Å². The minimum absolute atomic E-state index is 0.0115. The molecule has 0 spiro atoms. The monoisotopic (exact) mass is 384 g/mol. The third-order valence-electron chi connectivity index (χ3n) is 6.26. The van der Waals surface area contributed by atoms with Crippen LogP contribution in [0.1, 0.15) is 42.5 Å². The number of nitrogens with zero attached hydrogens (tertiary/aromatic N) is 5. The Hall–Kier alpha value is -2.55. The minimum Gasteiger partial charge on any atom is -0.380 e. The van der Waals surface area contributed by atoms with E-state index in [0.717, 1.165) is 30.1 Å². The van der Waals surface area contributed by atoms with E-state index in [0.29, 0.717) is 44.7 Å². The second-order valence-electron chi connectivity index (χ2n) is 8.14. The van der Waals surface area contributed by atoms with Crippen molar-refractivity contribution in [2.45, 2.75) is 38.6 Å².